The number of pyridine rings is 2. The lowest BCUT2D eigenvalue weighted by molar-refractivity contribution is 0.331. The molecule has 0 atom stereocenters. The molecule has 0 unspecified atom stereocenters. The molecule has 36 heavy (non-hydrogen) atoms. The molecule has 11 heteroatoms. The van der Waals surface area contributed by atoms with E-state index in [1.807, 2.05) is 24.5 Å². The van der Waals surface area contributed by atoms with Crippen molar-refractivity contribution >= 4 is 32.6 Å². The fourth-order valence-corrected chi connectivity index (χ4v) is 6.09. The van der Waals surface area contributed by atoms with Crippen LogP contribution in [0.4, 0.5) is 11.6 Å². The van der Waals surface area contributed by atoms with Crippen molar-refractivity contribution in [2.75, 3.05) is 55.7 Å². The Kier molecular flexibility index (Phi) is 6.22. The fraction of sp³-hybridized carbons (Fsp3) is 0.520. The predicted molar refractivity (Wildman–Crippen MR) is 141 cm³/mol. The van der Waals surface area contributed by atoms with Gasteiger partial charge in [0.2, 0.25) is 10.0 Å². The van der Waals surface area contributed by atoms with Crippen molar-refractivity contribution in [1.29, 1.82) is 0 Å². The maximum Gasteiger partial charge on any atom is 0.211 e. The van der Waals surface area contributed by atoms with E-state index in [1.54, 1.807) is 10.5 Å². The lowest BCUT2D eigenvalue weighted by atomic mass is 10.1. The van der Waals surface area contributed by atoms with Crippen molar-refractivity contribution in [3.05, 3.63) is 36.3 Å². The lowest BCUT2D eigenvalue weighted by Crippen LogP contribution is -2.44. The number of rotatable bonds is 6. The van der Waals surface area contributed by atoms with E-state index in [-0.39, 0.29) is 6.04 Å². The number of hydrogen-bond acceptors (Lipinski definition) is 9. The van der Waals surface area contributed by atoms with Gasteiger partial charge in [0.25, 0.3) is 0 Å². The topological polar surface area (TPSA) is 116 Å². The van der Waals surface area contributed by atoms with Gasteiger partial charge in [-0.25, -0.2) is 27.7 Å². The highest BCUT2D eigenvalue weighted by atomic mass is 32.2. The number of hydrogen-bond donors (Lipinski definition) is 2. The van der Waals surface area contributed by atoms with E-state index in [1.165, 1.54) is 24.7 Å². The SMILES string of the molecule is CS(=O)(=O)N1CCC(Nc2cc(-c3nc(N4CCNCC4)c4c(C5CC5)cncc4n3)ccn2)CC1. The Morgan fingerprint density at radius 3 is 2.53 bits per heavy atom. The Morgan fingerprint density at radius 2 is 1.81 bits per heavy atom. The van der Waals surface area contributed by atoms with Gasteiger partial charge in [-0.1, -0.05) is 0 Å². The molecule has 10 nitrogen and oxygen atoms in total. The van der Waals surface area contributed by atoms with E-state index in [0.717, 1.165) is 67.1 Å². The number of fused-ring (bicyclic) bond motifs is 1. The summed E-state index contributed by atoms with van der Waals surface area (Å²) in [5.41, 5.74) is 3.05. The van der Waals surface area contributed by atoms with Crippen LogP contribution in [0.5, 0.6) is 0 Å². The largest absolute Gasteiger partial charge is 0.367 e. The molecular formula is C25H32N8O2S. The third kappa shape index (κ3) is 4.87. The molecule has 0 radical (unpaired) electrons. The van der Waals surface area contributed by atoms with Crippen molar-refractivity contribution in [3.63, 3.8) is 0 Å². The van der Waals surface area contributed by atoms with E-state index < -0.39 is 10.0 Å². The molecule has 0 bridgehead atoms. The van der Waals surface area contributed by atoms with Crippen molar-refractivity contribution in [1.82, 2.24) is 29.6 Å². The summed E-state index contributed by atoms with van der Waals surface area (Å²) in [7, 11) is -3.14. The van der Waals surface area contributed by atoms with E-state index >= 15 is 0 Å². The minimum atomic E-state index is -3.14. The Hall–Kier alpha value is -2.89. The zero-order valence-corrected chi connectivity index (χ0v) is 21.3. The molecule has 2 saturated heterocycles. The van der Waals surface area contributed by atoms with E-state index in [2.05, 4.69) is 25.5 Å². The second kappa shape index (κ2) is 9.53. The Labute approximate surface area is 211 Å². The van der Waals surface area contributed by atoms with Crippen LogP contribution in [0, 0.1) is 0 Å². The Morgan fingerprint density at radius 1 is 1.03 bits per heavy atom. The van der Waals surface area contributed by atoms with Crippen LogP contribution < -0.4 is 15.5 Å². The average molecular weight is 509 g/mol. The van der Waals surface area contributed by atoms with E-state index in [0.29, 0.717) is 24.8 Å². The first-order valence-electron chi connectivity index (χ1n) is 12.7. The monoisotopic (exact) mass is 508 g/mol. The second-order valence-corrected chi connectivity index (χ2v) is 12.0. The highest BCUT2D eigenvalue weighted by Gasteiger charge is 2.29. The minimum Gasteiger partial charge on any atom is -0.367 e. The van der Waals surface area contributed by atoms with Crippen LogP contribution in [-0.2, 0) is 10.0 Å². The smallest absolute Gasteiger partial charge is 0.211 e. The zero-order chi connectivity index (χ0) is 24.7. The summed E-state index contributed by atoms with van der Waals surface area (Å²) in [6, 6.07) is 4.10. The quantitative estimate of drug-likeness (QED) is 0.517. The fourth-order valence-electron chi connectivity index (χ4n) is 5.22. The summed E-state index contributed by atoms with van der Waals surface area (Å²) in [5, 5.41) is 8.07. The first-order valence-corrected chi connectivity index (χ1v) is 14.6. The van der Waals surface area contributed by atoms with Crippen molar-refractivity contribution in [3.8, 4) is 11.4 Å². The summed E-state index contributed by atoms with van der Waals surface area (Å²) in [6.45, 7) is 4.74. The minimum absolute atomic E-state index is 0.171. The Bertz CT molecular complexity index is 1360. The number of anilines is 2. The molecule has 3 aromatic heterocycles. The Balaban J connectivity index is 1.31. The van der Waals surface area contributed by atoms with Crippen molar-refractivity contribution in [2.24, 2.45) is 0 Å². The molecule has 2 N–H and O–H groups in total. The average Bonchev–Trinajstić information content (AvgIpc) is 3.74. The summed E-state index contributed by atoms with van der Waals surface area (Å²) < 4.78 is 25.2. The molecular weight excluding hydrogens is 476 g/mol. The highest BCUT2D eigenvalue weighted by Crippen LogP contribution is 2.44. The number of sulfonamides is 1. The molecule has 5 heterocycles. The zero-order valence-electron chi connectivity index (χ0n) is 20.5. The number of piperazine rings is 1. The molecule has 3 aliphatic rings. The third-order valence-electron chi connectivity index (χ3n) is 7.34. The summed E-state index contributed by atoms with van der Waals surface area (Å²) in [4.78, 5) is 21.5. The van der Waals surface area contributed by atoms with E-state index in [4.69, 9.17) is 9.97 Å². The second-order valence-electron chi connectivity index (χ2n) is 10.0. The van der Waals surface area contributed by atoms with Crippen LogP contribution in [0.15, 0.2) is 30.7 Å². The molecule has 2 aliphatic heterocycles. The molecule has 190 valence electrons. The van der Waals surface area contributed by atoms with Gasteiger partial charge in [0.15, 0.2) is 5.82 Å². The number of nitrogens with one attached hydrogen (secondary N) is 2. The molecule has 3 fully saturated rings. The first kappa shape index (κ1) is 23.5. The number of piperidine rings is 1. The van der Waals surface area contributed by atoms with Crippen molar-refractivity contribution in [2.45, 2.75) is 37.6 Å². The maximum atomic E-state index is 11.8. The summed E-state index contributed by atoms with van der Waals surface area (Å²) >= 11 is 0. The van der Waals surface area contributed by atoms with Crippen LogP contribution in [0.1, 0.15) is 37.2 Å². The summed E-state index contributed by atoms with van der Waals surface area (Å²) in [5.74, 6) is 2.98. The van der Waals surface area contributed by atoms with Crippen LogP contribution in [-0.4, -0.2) is 84.2 Å². The third-order valence-corrected chi connectivity index (χ3v) is 8.65. The van der Waals surface area contributed by atoms with Crippen molar-refractivity contribution < 1.29 is 8.42 Å². The van der Waals surface area contributed by atoms with Gasteiger partial charge in [0, 0.05) is 68.7 Å². The van der Waals surface area contributed by atoms with Gasteiger partial charge < -0.3 is 15.5 Å². The molecule has 0 spiro atoms. The molecule has 0 aromatic carbocycles. The molecule has 0 amide bonds. The highest BCUT2D eigenvalue weighted by molar-refractivity contribution is 7.88. The number of nitrogens with zero attached hydrogens (tertiary/aromatic N) is 6. The maximum absolute atomic E-state index is 11.8. The van der Waals surface area contributed by atoms with Gasteiger partial charge in [-0.3, -0.25) is 4.98 Å². The predicted octanol–water partition coefficient (Wildman–Crippen LogP) is 2.21. The summed E-state index contributed by atoms with van der Waals surface area (Å²) in [6.07, 6.45) is 10.8. The molecule has 1 saturated carbocycles. The molecule has 6 rings (SSSR count). The van der Waals surface area contributed by atoms with Gasteiger partial charge in [-0.05, 0) is 49.3 Å². The lowest BCUT2D eigenvalue weighted by Gasteiger charge is -2.31. The number of aromatic nitrogens is 4. The van der Waals surface area contributed by atoms with E-state index in [9.17, 15) is 8.42 Å². The van der Waals surface area contributed by atoms with Gasteiger partial charge in [0.1, 0.15) is 11.6 Å². The van der Waals surface area contributed by atoms with Crippen LogP contribution in [0.25, 0.3) is 22.3 Å². The molecule has 1 aliphatic carbocycles. The molecule has 3 aromatic rings. The van der Waals surface area contributed by atoms with Crippen LogP contribution in [0.3, 0.4) is 0 Å². The van der Waals surface area contributed by atoms with Gasteiger partial charge in [0.05, 0.1) is 18.0 Å². The standard InChI is InChI=1S/C25H32N8O2S/c1-36(34,35)33-10-5-19(6-11-33)29-22-14-18(4-7-28-22)24-30-21-16-27-15-20(17-2-3-17)23(21)25(31-24)32-12-8-26-9-13-32/h4,7,14-17,19,26H,2-3,5-6,8-13H2,1H3,(H,28,29). The van der Waals surface area contributed by atoms with Gasteiger partial charge in [-0.2, -0.15) is 0 Å². The van der Waals surface area contributed by atoms with Crippen LogP contribution >= 0.6 is 0 Å². The normalized spacial score (nSPS) is 20.1. The van der Waals surface area contributed by atoms with Gasteiger partial charge >= 0.3 is 0 Å². The first-order chi connectivity index (χ1) is 17.5. The van der Waals surface area contributed by atoms with Crippen LogP contribution in [0.2, 0.25) is 0 Å². The van der Waals surface area contributed by atoms with Gasteiger partial charge in [-0.15, -0.1) is 0 Å².